The first kappa shape index (κ1) is 13.9. The summed E-state index contributed by atoms with van der Waals surface area (Å²) in [7, 11) is 0. The SMILES string of the molecule is CCO/C(=C/C(C)=O)C(F)(F)C(F)(F)F. The van der Waals surface area contributed by atoms with Crippen molar-refractivity contribution in [1.29, 1.82) is 0 Å². The Labute approximate surface area is 82.7 Å². The highest BCUT2D eigenvalue weighted by molar-refractivity contribution is 5.87. The first-order valence-corrected chi connectivity index (χ1v) is 3.93. The molecule has 0 unspecified atom stereocenters. The van der Waals surface area contributed by atoms with Gasteiger partial charge in [-0.2, -0.15) is 22.0 Å². The summed E-state index contributed by atoms with van der Waals surface area (Å²) in [6.07, 6.45) is -5.64. The van der Waals surface area contributed by atoms with Gasteiger partial charge >= 0.3 is 12.1 Å². The number of carbonyl (C=O) groups is 1. The summed E-state index contributed by atoms with van der Waals surface area (Å²) in [5, 5.41) is 0. The van der Waals surface area contributed by atoms with Crippen molar-refractivity contribution in [2.75, 3.05) is 6.61 Å². The van der Waals surface area contributed by atoms with E-state index < -0.39 is 23.6 Å². The highest BCUT2D eigenvalue weighted by Crippen LogP contribution is 2.41. The Balaban J connectivity index is 5.17. The number of carbonyl (C=O) groups excluding carboxylic acids is 1. The molecule has 15 heavy (non-hydrogen) atoms. The quantitative estimate of drug-likeness (QED) is 0.423. The molecular formula is C8H9F5O2. The molecule has 0 fully saturated rings. The van der Waals surface area contributed by atoms with Gasteiger partial charge < -0.3 is 4.74 Å². The van der Waals surface area contributed by atoms with E-state index in [4.69, 9.17) is 0 Å². The summed E-state index contributed by atoms with van der Waals surface area (Å²) < 4.78 is 65.1. The summed E-state index contributed by atoms with van der Waals surface area (Å²) in [5.74, 6) is -7.76. The minimum Gasteiger partial charge on any atom is -0.491 e. The molecule has 7 heteroatoms. The lowest BCUT2D eigenvalue weighted by atomic mass is 10.2. The van der Waals surface area contributed by atoms with E-state index in [1.165, 1.54) is 6.92 Å². The molecule has 0 aliphatic rings. The number of hydrogen-bond donors (Lipinski definition) is 0. The molecule has 0 aromatic rings. The average Bonchev–Trinajstić information content (AvgIpc) is 2.00. The van der Waals surface area contributed by atoms with E-state index in [1.54, 1.807) is 0 Å². The minimum atomic E-state index is -5.77. The molecule has 88 valence electrons. The van der Waals surface area contributed by atoms with Gasteiger partial charge in [0, 0.05) is 6.08 Å². The second-order valence-electron chi connectivity index (χ2n) is 2.62. The highest BCUT2D eigenvalue weighted by atomic mass is 19.4. The fourth-order valence-electron chi connectivity index (χ4n) is 0.703. The van der Waals surface area contributed by atoms with E-state index in [0.717, 1.165) is 6.92 Å². The first-order valence-electron chi connectivity index (χ1n) is 3.93. The fraction of sp³-hybridized carbons (Fsp3) is 0.625. The van der Waals surface area contributed by atoms with Gasteiger partial charge in [0.15, 0.2) is 11.5 Å². The van der Waals surface area contributed by atoms with Crippen molar-refractivity contribution in [1.82, 2.24) is 0 Å². The van der Waals surface area contributed by atoms with Crippen LogP contribution in [-0.2, 0) is 9.53 Å². The van der Waals surface area contributed by atoms with E-state index in [1.807, 2.05) is 0 Å². The standard InChI is InChI=1S/C8H9F5O2/c1-3-15-6(4-5(2)14)7(9,10)8(11,12)13/h4H,3H2,1-2H3/b6-4+. The Morgan fingerprint density at radius 3 is 2.00 bits per heavy atom. The van der Waals surface area contributed by atoms with Crippen molar-refractivity contribution in [3.8, 4) is 0 Å². The lowest BCUT2D eigenvalue weighted by Gasteiger charge is -2.21. The molecule has 0 saturated carbocycles. The third-order valence-corrected chi connectivity index (χ3v) is 1.30. The normalized spacial score (nSPS) is 13.9. The Bertz CT molecular complexity index is 267. The third kappa shape index (κ3) is 3.49. The van der Waals surface area contributed by atoms with Crippen molar-refractivity contribution in [2.24, 2.45) is 0 Å². The average molecular weight is 232 g/mol. The van der Waals surface area contributed by atoms with Gasteiger partial charge in [0.05, 0.1) is 6.61 Å². The Morgan fingerprint density at radius 1 is 1.27 bits per heavy atom. The van der Waals surface area contributed by atoms with Gasteiger partial charge in [0.1, 0.15) is 0 Å². The van der Waals surface area contributed by atoms with E-state index in [0.29, 0.717) is 0 Å². The number of allylic oxidation sites excluding steroid dienone is 2. The van der Waals surface area contributed by atoms with Crippen LogP contribution in [0.15, 0.2) is 11.8 Å². The van der Waals surface area contributed by atoms with Gasteiger partial charge in [-0.3, -0.25) is 4.79 Å². The zero-order valence-electron chi connectivity index (χ0n) is 7.99. The van der Waals surface area contributed by atoms with E-state index in [2.05, 4.69) is 4.74 Å². The Morgan fingerprint density at radius 2 is 1.73 bits per heavy atom. The van der Waals surface area contributed by atoms with Crippen molar-refractivity contribution < 1.29 is 31.5 Å². The topological polar surface area (TPSA) is 26.3 Å². The van der Waals surface area contributed by atoms with Gasteiger partial charge in [-0.25, -0.2) is 0 Å². The summed E-state index contributed by atoms with van der Waals surface area (Å²) in [6, 6.07) is 0. The number of ketones is 1. The van der Waals surface area contributed by atoms with E-state index in [-0.39, 0.29) is 12.7 Å². The van der Waals surface area contributed by atoms with Gasteiger partial charge in [-0.05, 0) is 13.8 Å². The van der Waals surface area contributed by atoms with Gasteiger partial charge in [0.25, 0.3) is 0 Å². The lowest BCUT2D eigenvalue weighted by molar-refractivity contribution is -0.276. The number of alkyl halides is 5. The molecule has 0 saturated heterocycles. The predicted octanol–water partition coefficient (Wildman–Crippen LogP) is 2.69. The summed E-state index contributed by atoms with van der Waals surface area (Å²) in [4.78, 5) is 10.4. The molecule has 0 heterocycles. The van der Waals surface area contributed by atoms with E-state index >= 15 is 0 Å². The molecule has 2 nitrogen and oxygen atoms in total. The molecule has 0 atom stereocenters. The zero-order valence-corrected chi connectivity index (χ0v) is 7.99. The van der Waals surface area contributed by atoms with Crippen LogP contribution in [0.1, 0.15) is 13.8 Å². The van der Waals surface area contributed by atoms with Crippen LogP contribution in [0.25, 0.3) is 0 Å². The van der Waals surface area contributed by atoms with Crippen LogP contribution >= 0.6 is 0 Å². The van der Waals surface area contributed by atoms with Crippen molar-refractivity contribution in [3.05, 3.63) is 11.8 Å². The number of halogens is 5. The second kappa shape index (κ2) is 4.59. The second-order valence-corrected chi connectivity index (χ2v) is 2.62. The molecule has 0 aromatic carbocycles. The molecule has 0 rings (SSSR count). The van der Waals surface area contributed by atoms with E-state index in [9.17, 15) is 26.7 Å². The van der Waals surface area contributed by atoms with Crippen LogP contribution in [0.2, 0.25) is 0 Å². The van der Waals surface area contributed by atoms with Crippen molar-refractivity contribution >= 4 is 5.78 Å². The Hall–Kier alpha value is -1.14. The molecule has 0 aromatic heterocycles. The zero-order chi connectivity index (χ0) is 12.3. The van der Waals surface area contributed by atoms with Crippen molar-refractivity contribution in [3.63, 3.8) is 0 Å². The fourth-order valence-corrected chi connectivity index (χ4v) is 0.703. The van der Waals surface area contributed by atoms with Gasteiger partial charge in [-0.15, -0.1) is 0 Å². The summed E-state index contributed by atoms with van der Waals surface area (Å²) in [5.41, 5.74) is 0. The highest BCUT2D eigenvalue weighted by Gasteiger charge is 2.61. The number of ether oxygens (including phenoxy) is 1. The maximum absolute atomic E-state index is 12.7. The van der Waals surface area contributed by atoms with Crippen LogP contribution in [-0.4, -0.2) is 24.5 Å². The molecule has 0 radical (unpaired) electrons. The first-order chi connectivity index (χ1) is 6.63. The van der Waals surface area contributed by atoms with Crippen LogP contribution in [0, 0.1) is 0 Å². The summed E-state index contributed by atoms with van der Waals surface area (Å²) >= 11 is 0. The van der Waals surface area contributed by atoms with Crippen molar-refractivity contribution in [2.45, 2.75) is 25.9 Å². The predicted molar refractivity (Wildman–Crippen MR) is 41.4 cm³/mol. The lowest BCUT2D eigenvalue weighted by Crippen LogP contribution is -2.39. The molecular weight excluding hydrogens is 223 g/mol. The van der Waals surface area contributed by atoms with Crippen LogP contribution < -0.4 is 0 Å². The maximum atomic E-state index is 12.7. The third-order valence-electron chi connectivity index (χ3n) is 1.30. The van der Waals surface area contributed by atoms with Gasteiger partial charge in [0.2, 0.25) is 0 Å². The van der Waals surface area contributed by atoms with Gasteiger partial charge in [-0.1, -0.05) is 0 Å². The largest absolute Gasteiger partial charge is 0.491 e. The van der Waals surface area contributed by atoms with Crippen LogP contribution in [0.5, 0.6) is 0 Å². The number of hydrogen-bond acceptors (Lipinski definition) is 2. The molecule has 0 N–H and O–H groups in total. The minimum absolute atomic E-state index is 0.136. The summed E-state index contributed by atoms with van der Waals surface area (Å²) in [6.45, 7) is 1.71. The Kier molecular flexibility index (Phi) is 4.24. The molecule has 0 aliphatic heterocycles. The monoisotopic (exact) mass is 232 g/mol. The molecule has 0 spiro atoms. The molecule has 0 aliphatic carbocycles. The molecule has 0 bridgehead atoms. The van der Waals surface area contributed by atoms with Crippen LogP contribution in [0.3, 0.4) is 0 Å². The maximum Gasteiger partial charge on any atom is 0.461 e. The van der Waals surface area contributed by atoms with Crippen LogP contribution in [0.4, 0.5) is 22.0 Å². The number of rotatable bonds is 4. The molecule has 0 amide bonds. The smallest absolute Gasteiger partial charge is 0.461 e.